The summed E-state index contributed by atoms with van der Waals surface area (Å²) in [5.74, 6) is 0.417. The summed E-state index contributed by atoms with van der Waals surface area (Å²) >= 11 is 1.27. The predicted molar refractivity (Wildman–Crippen MR) is 124 cm³/mol. The van der Waals surface area contributed by atoms with Crippen LogP contribution in [0.25, 0.3) is 0 Å². The van der Waals surface area contributed by atoms with E-state index < -0.39 is 0 Å². The minimum atomic E-state index is -0.379. The van der Waals surface area contributed by atoms with Crippen molar-refractivity contribution in [3.63, 3.8) is 0 Å². The highest BCUT2D eigenvalue weighted by molar-refractivity contribution is 8.04. The SMILES string of the molecule is COc1ccc(NC2=C(Sc3ccccc3)C(=O)N(Cc3ccccc3)C2=O)c(OC)c1. The number of amides is 2. The lowest BCUT2D eigenvalue weighted by Gasteiger charge is -2.16. The third-order valence-corrected chi connectivity index (χ3v) is 6.03. The van der Waals surface area contributed by atoms with Gasteiger partial charge in [-0.2, -0.15) is 0 Å². The van der Waals surface area contributed by atoms with Crippen LogP contribution in [0.15, 0.2) is 94.4 Å². The molecule has 0 saturated heterocycles. The lowest BCUT2D eigenvalue weighted by molar-refractivity contribution is -0.137. The van der Waals surface area contributed by atoms with Gasteiger partial charge >= 0.3 is 0 Å². The van der Waals surface area contributed by atoms with Crippen LogP contribution >= 0.6 is 11.8 Å². The number of ether oxygens (including phenoxy) is 2. The van der Waals surface area contributed by atoms with Crippen LogP contribution in [0.2, 0.25) is 0 Å². The Hall–Kier alpha value is -3.71. The summed E-state index contributed by atoms with van der Waals surface area (Å²) in [4.78, 5) is 29.1. The number of nitrogens with zero attached hydrogens (tertiary/aromatic N) is 1. The van der Waals surface area contributed by atoms with Crippen molar-refractivity contribution in [3.8, 4) is 11.5 Å². The van der Waals surface area contributed by atoms with Gasteiger partial charge in [0.2, 0.25) is 0 Å². The van der Waals surface area contributed by atoms with E-state index in [-0.39, 0.29) is 24.1 Å². The molecule has 7 heteroatoms. The smallest absolute Gasteiger partial charge is 0.278 e. The van der Waals surface area contributed by atoms with Gasteiger partial charge in [0, 0.05) is 11.0 Å². The summed E-state index contributed by atoms with van der Waals surface area (Å²) in [6.45, 7) is 0.197. The van der Waals surface area contributed by atoms with Crippen molar-refractivity contribution in [1.82, 2.24) is 4.90 Å². The lowest BCUT2D eigenvalue weighted by atomic mass is 10.2. The van der Waals surface area contributed by atoms with Crippen LogP contribution in [0.3, 0.4) is 0 Å². The number of hydrogen-bond acceptors (Lipinski definition) is 6. The van der Waals surface area contributed by atoms with E-state index in [1.165, 1.54) is 23.8 Å². The standard InChI is InChI=1S/C25H22N2O4S/c1-30-18-13-14-20(21(15-18)31-2)26-22-23(32-19-11-7-4-8-12-19)25(29)27(24(22)28)16-17-9-5-3-6-10-17/h3-15,26H,16H2,1-2H3. The summed E-state index contributed by atoms with van der Waals surface area (Å²) in [5, 5.41) is 3.14. The van der Waals surface area contributed by atoms with Crippen molar-refractivity contribution in [2.45, 2.75) is 11.4 Å². The highest BCUT2D eigenvalue weighted by atomic mass is 32.2. The van der Waals surface area contributed by atoms with E-state index in [1.807, 2.05) is 60.7 Å². The number of anilines is 1. The topological polar surface area (TPSA) is 67.9 Å². The second-order valence-electron chi connectivity index (χ2n) is 6.99. The Kier molecular flexibility index (Phi) is 6.47. The molecule has 0 fully saturated rings. The van der Waals surface area contributed by atoms with Crippen LogP contribution in [0.4, 0.5) is 5.69 Å². The Morgan fingerprint density at radius 2 is 1.53 bits per heavy atom. The molecular weight excluding hydrogens is 424 g/mol. The summed E-state index contributed by atoms with van der Waals surface area (Å²) in [6, 6.07) is 24.2. The minimum absolute atomic E-state index is 0.197. The zero-order valence-corrected chi connectivity index (χ0v) is 18.5. The average Bonchev–Trinajstić information content (AvgIpc) is 3.04. The first-order valence-electron chi connectivity index (χ1n) is 9.97. The van der Waals surface area contributed by atoms with Crippen LogP contribution in [-0.4, -0.2) is 30.9 Å². The zero-order chi connectivity index (χ0) is 22.5. The summed E-state index contributed by atoms with van der Waals surface area (Å²) in [6.07, 6.45) is 0. The van der Waals surface area contributed by atoms with Gasteiger partial charge in [0.25, 0.3) is 11.8 Å². The molecule has 0 radical (unpaired) electrons. The molecule has 0 bridgehead atoms. The van der Waals surface area contributed by atoms with Crippen LogP contribution in [0, 0.1) is 0 Å². The molecule has 0 spiro atoms. The molecule has 1 aliphatic rings. The summed E-state index contributed by atoms with van der Waals surface area (Å²) in [5.41, 5.74) is 1.67. The van der Waals surface area contributed by atoms with Gasteiger partial charge in [0.05, 0.1) is 26.5 Å². The molecule has 3 aromatic rings. The molecule has 0 unspecified atom stereocenters. The first-order chi connectivity index (χ1) is 15.6. The normalized spacial score (nSPS) is 13.5. The van der Waals surface area contributed by atoms with Crippen molar-refractivity contribution < 1.29 is 19.1 Å². The second-order valence-corrected chi connectivity index (χ2v) is 8.08. The molecular formula is C25H22N2O4S. The summed E-state index contributed by atoms with van der Waals surface area (Å²) in [7, 11) is 3.11. The van der Waals surface area contributed by atoms with Crippen LogP contribution in [0.1, 0.15) is 5.56 Å². The van der Waals surface area contributed by atoms with Crippen molar-refractivity contribution in [1.29, 1.82) is 0 Å². The number of rotatable bonds is 8. The largest absolute Gasteiger partial charge is 0.497 e. The first kappa shape index (κ1) is 21.5. The second kappa shape index (κ2) is 9.62. The maximum absolute atomic E-state index is 13.4. The Morgan fingerprint density at radius 1 is 0.844 bits per heavy atom. The fourth-order valence-electron chi connectivity index (χ4n) is 3.31. The highest BCUT2D eigenvalue weighted by Crippen LogP contribution is 2.38. The third kappa shape index (κ3) is 4.48. The van der Waals surface area contributed by atoms with Gasteiger partial charge in [-0.05, 0) is 29.8 Å². The molecule has 3 aromatic carbocycles. The monoisotopic (exact) mass is 446 g/mol. The predicted octanol–water partition coefficient (Wildman–Crippen LogP) is 4.69. The van der Waals surface area contributed by atoms with Crippen molar-refractivity contribution in [2.75, 3.05) is 19.5 Å². The molecule has 1 N–H and O–H groups in total. The number of imide groups is 1. The van der Waals surface area contributed by atoms with Gasteiger partial charge in [-0.15, -0.1) is 0 Å². The number of nitrogens with one attached hydrogen (secondary N) is 1. The van der Waals surface area contributed by atoms with E-state index in [4.69, 9.17) is 9.47 Å². The zero-order valence-electron chi connectivity index (χ0n) is 17.7. The van der Waals surface area contributed by atoms with E-state index in [0.29, 0.717) is 22.1 Å². The number of thioether (sulfide) groups is 1. The van der Waals surface area contributed by atoms with E-state index in [2.05, 4.69) is 5.32 Å². The molecule has 4 rings (SSSR count). The number of carbonyl (C=O) groups is 2. The molecule has 1 aliphatic heterocycles. The number of hydrogen-bond donors (Lipinski definition) is 1. The van der Waals surface area contributed by atoms with Gasteiger partial charge in [0.1, 0.15) is 22.1 Å². The van der Waals surface area contributed by atoms with Gasteiger partial charge in [-0.25, -0.2) is 0 Å². The molecule has 32 heavy (non-hydrogen) atoms. The van der Waals surface area contributed by atoms with E-state index >= 15 is 0 Å². The van der Waals surface area contributed by atoms with Gasteiger partial charge in [-0.3, -0.25) is 14.5 Å². The van der Waals surface area contributed by atoms with Crippen molar-refractivity contribution in [3.05, 3.63) is 95.0 Å². The van der Waals surface area contributed by atoms with E-state index in [0.717, 1.165) is 10.5 Å². The fourth-order valence-corrected chi connectivity index (χ4v) is 4.28. The Morgan fingerprint density at radius 3 is 2.19 bits per heavy atom. The van der Waals surface area contributed by atoms with Gasteiger partial charge < -0.3 is 14.8 Å². The third-order valence-electron chi connectivity index (χ3n) is 4.94. The molecule has 0 aliphatic carbocycles. The van der Waals surface area contributed by atoms with Crippen molar-refractivity contribution >= 4 is 29.3 Å². The molecule has 1 heterocycles. The quantitative estimate of drug-likeness (QED) is 0.507. The number of methoxy groups -OCH3 is 2. The number of carbonyl (C=O) groups excluding carboxylic acids is 2. The van der Waals surface area contributed by atoms with Crippen LogP contribution in [-0.2, 0) is 16.1 Å². The maximum Gasteiger partial charge on any atom is 0.278 e. The van der Waals surface area contributed by atoms with E-state index in [9.17, 15) is 9.59 Å². The first-order valence-corrected chi connectivity index (χ1v) is 10.8. The fraction of sp³-hybridized carbons (Fsp3) is 0.120. The van der Waals surface area contributed by atoms with Crippen LogP contribution < -0.4 is 14.8 Å². The molecule has 162 valence electrons. The minimum Gasteiger partial charge on any atom is -0.497 e. The Labute approximate surface area is 190 Å². The maximum atomic E-state index is 13.4. The molecule has 0 saturated carbocycles. The average molecular weight is 447 g/mol. The molecule has 6 nitrogen and oxygen atoms in total. The van der Waals surface area contributed by atoms with E-state index in [1.54, 1.807) is 25.3 Å². The van der Waals surface area contributed by atoms with Gasteiger partial charge in [-0.1, -0.05) is 60.3 Å². The molecule has 2 amide bonds. The summed E-state index contributed by atoms with van der Waals surface area (Å²) < 4.78 is 10.7. The molecule has 0 aromatic heterocycles. The molecule has 0 atom stereocenters. The van der Waals surface area contributed by atoms with Crippen molar-refractivity contribution in [2.24, 2.45) is 0 Å². The Balaban J connectivity index is 1.70. The number of benzene rings is 3. The lowest BCUT2D eigenvalue weighted by Crippen LogP contribution is -2.31. The Bertz CT molecular complexity index is 1160. The highest BCUT2D eigenvalue weighted by Gasteiger charge is 2.39. The van der Waals surface area contributed by atoms with Gasteiger partial charge in [0.15, 0.2) is 0 Å². The van der Waals surface area contributed by atoms with Crippen LogP contribution in [0.5, 0.6) is 11.5 Å².